The number of aryl methyl sites for hydroxylation is 1. The van der Waals surface area contributed by atoms with E-state index in [0.717, 1.165) is 11.4 Å². The monoisotopic (exact) mass is 237 g/mol. The number of methoxy groups -OCH3 is 1. The largest absolute Gasteiger partial charge is 0.468 e. The zero-order chi connectivity index (χ0) is 12.3. The van der Waals surface area contributed by atoms with Crippen molar-refractivity contribution >= 4 is 11.8 Å². The fraction of sp³-hybridized carbons (Fsp3) is 0.667. The van der Waals surface area contributed by atoms with E-state index in [4.69, 9.17) is 0 Å². The topological polar surface area (TPSA) is 56.1 Å². The molecule has 0 spiro atoms. The van der Waals surface area contributed by atoms with Crippen LogP contribution >= 0.6 is 0 Å². The summed E-state index contributed by atoms with van der Waals surface area (Å²) in [6, 6.07) is 0.530. The average Bonchev–Trinajstić information content (AvgIpc) is 2.95. The Morgan fingerprint density at radius 2 is 2.29 bits per heavy atom. The lowest BCUT2D eigenvalue weighted by molar-refractivity contribution is -0.138. The number of rotatable bonds is 4. The molecule has 0 aromatic carbocycles. The maximum absolute atomic E-state index is 11.0. The summed E-state index contributed by atoms with van der Waals surface area (Å²) in [6.07, 6.45) is 7.04. The molecule has 17 heavy (non-hydrogen) atoms. The molecule has 1 aliphatic rings. The van der Waals surface area contributed by atoms with Crippen LogP contribution in [0.2, 0.25) is 0 Å². The Morgan fingerprint density at radius 1 is 1.59 bits per heavy atom. The molecule has 1 fully saturated rings. The second-order valence-corrected chi connectivity index (χ2v) is 4.51. The molecule has 2 rings (SSSR count). The summed E-state index contributed by atoms with van der Waals surface area (Å²) in [5.74, 6) is 0.502. The van der Waals surface area contributed by atoms with E-state index in [-0.39, 0.29) is 12.5 Å². The minimum Gasteiger partial charge on any atom is -0.468 e. The highest BCUT2D eigenvalue weighted by Gasteiger charge is 2.18. The third kappa shape index (κ3) is 2.78. The molecule has 5 heteroatoms. The van der Waals surface area contributed by atoms with Gasteiger partial charge < -0.3 is 10.1 Å². The Hall–Kier alpha value is -1.52. The molecule has 0 aliphatic heterocycles. The van der Waals surface area contributed by atoms with Crippen LogP contribution in [0.25, 0.3) is 0 Å². The molecule has 1 aliphatic carbocycles. The van der Waals surface area contributed by atoms with Gasteiger partial charge >= 0.3 is 5.97 Å². The SMILES string of the molecule is COC(=O)CNc1nn(C2CCCC2)cc1C. The third-order valence-corrected chi connectivity index (χ3v) is 3.24. The first-order valence-corrected chi connectivity index (χ1v) is 6.07. The molecule has 0 amide bonds. The summed E-state index contributed by atoms with van der Waals surface area (Å²) in [4.78, 5) is 11.0. The van der Waals surface area contributed by atoms with Crippen molar-refractivity contribution in [3.63, 3.8) is 0 Å². The van der Waals surface area contributed by atoms with Crippen LogP contribution in [0.15, 0.2) is 6.20 Å². The van der Waals surface area contributed by atoms with Crippen LogP contribution in [0.4, 0.5) is 5.82 Å². The normalized spacial score (nSPS) is 16.1. The number of hydrogen-bond donors (Lipinski definition) is 1. The average molecular weight is 237 g/mol. The van der Waals surface area contributed by atoms with Crippen molar-refractivity contribution in [2.75, 3.05) is 19.0 Å². The molecule has 0 saturated heterocycles. The van der Waals surface area contributed by atoms with Gasteiger partial charge in [0.15, 0.2) is 5.82 Å². The van der Waals surface area contributed by atoms with E-state index in [1.807, 2.05) is 11.6 Å². The second-order valence-electron chi connectivity index (χ2n) is 4.51. The lowest BCUT2D eigenvalue weighted by Gasteiger charge is -2.08. The Kier molecular flexibility index (Phi) is 3.66. The van der Waals surface area contributed by atoms with Gasteiger partial charge in [0.1, 0.15) is 6.54 Å². The predicted molar refractivity (Wildman–Crippen MR) is 65.0 cm³/mol. The molecule has 94 valence electrons. The van der Waals surface area contributed by atoms with E-state index >= 15 is 0 Å². The Morgan fingerprint density at radius 3 is 2.94 bits per heavy atom. The van der Waals surface area contributed by atoms with Crippen molar-refractivity contribution in [3.05, 3.63) is 11.8 Å². The first-order chi connectivity index (χ1) is 8.20. The van der Waals surface area contributed by atoms with Gasteiger partial charge in [0.2, 0.25) is 0 Å². The summed E-state index contributed by atoms with van der Waals surface area (Å²) in [5.41, 5.74) is 1.07. The summed E-state index contributed by atoms with van der Waals surface area (Å²) in [7, 11) is 1.38. The zero-order valence-electron chi connectivity index (χ0n) is 10.4. The molecule has 1 heterocycles. The summed E-state index contributed by atoms with van der Waals surface area (Å²) >= 11 is 0. The molecule has 1 aromatic rings. The molecule has 1 N–H and O–H groups in total. The van der Waals surface area contributed by atoms with Crippen LogP contribution in [-0.2, 0) is 9.53 Å². The quantitative estimate of drug-likeness (QED) is 0.812. The van der Waals surface area contributed by atoms with E-state index in [9.17, 15) is 4.79 Å². The summed E-state index contributed by atoms with van der Waals surface area (Å²) < 4.78 is 6.61. The lowest BCUT2D eigenvalue weighted by atomic mass is 10.2. The number of aromatic nitrogens is 2. The van der Waals surface area contributed by atoms with E-state index in [0.29, 0.717) is 6.04 Å². The highest BCUT2D eigenvalue weighted by Crippen LogP contribution is 2.30. The molecule has 0 bridgehead atoms. The zero-order valence-corrected chi connectivity index (χ0v) is 10.4. The van der Waals surface area contributed by atoms with Crippen LogP contribution in [0.3, 0.4) is 0 Å². The van der Waals surface area contributed by atoms with Gasteiger partial charge in [-0.15, -0.1) is 0 Å². The minimum atomic E-state index is -0.278. The maximum Gasteiger partial charge on any atom is 0.325 e. The van der Waals surface area contributed by atoms with Crippen molar-refractivity contribution in [1.29, 1.82) is 0 Å². The number of esters is 1. The number of nitrogens with zero attached hydrogens (tertiary/aromatic N) is 2. The van der Waals surface area contributed by atoms with E-state index in [1.54, 1.807) is 0 Å². The Balaban J connectivity index is 2.00. The van der Waals surface area contributed by atoms with Crippen molar-refractivity contribution in [3.8, 4) is 0 Å². The number of ether oxygens (including phenoxy) is 1. The van der Waals surface area contributed by atoms with Gasteiger partial charge in [0.25, 0.3) is 0 Å². The standard InChI is InChI=1S/C12H19N3O2/c1-9-8-15(10-5-3-4-6-10)14-12(9)13-7-11(16)17-2/h8,10H,3-7H2,1-2H3,(H,13,14). The minimum absolute atomic E-state index is 0.166. The van der Waals surface area contributed by atoms with E-state index in [1.165, 1.54) is 32.8 Å². The predicted octanol–water partition coefficient (Wildman–Crippen LogP) is 1.89. The Labute approximate surface area is 101 Å². The van der Waals surface area contributed by atoms with E-state index < -0.39 is 0 Å². The highest BCUT2D eigenvalue weighted by atomic mass is 16.5. The maximum atomic E-state index is 11.0. The smallest absolute Gasteiger partial charge is 0.325 e. The first-order valence-electron chi connectivity index (χ1n) is 6.07. The fourth-order valence-electron chi connectivity index (χ4n) is 2.24. The van der Waals surface area contributed by atoms with Gasteiger partial charge in [-0.05, 0) is 19.8 Å². The number of nitrogens with one attached hydrogen (secondary N) is 1. The fourth-order valence-corrected chi connectivity index (χ4v) is 2.24. The van der Waals surface area contributed by atoms with E-state index in [2.05, 4.69) is 21.3 Å². The van der Waals surface area contributed by atoms with Crippen LogP contribution in [0.1, 0.15) is 37.3 Å². The van der Waals surface area contributed by atoms with Crippen molar-refractivity contribution < 1.29 is 9.53 Å². The van der Waals surface area contributed by atoms with Crippen LogP contribution < -0.4 is 5.32 Å². The second kappa shape index (κ2) is 5.21. The molecule has 0 radical (unpaired) electrons. The van der Waals surface area contributed by atoms with Gasteiger partial charge in [-0.2, -0.15) is 5.10 Å². The van der Waals surface area contributed by atoms with Crippen molar-refractivity contribution in [2.45, 2.75) is 38.6 Å². The van der Waals surface area contributed by atoms with Crippen LogP contribution in [0, 0.1) is 6.92 Å². The van der Waals surface area contributed by atoms with Gasteiger partial charge in [-0.25, -0.2) is 0 Å². The summed E-state index contributed by atoms with van der Waals surface area (Å²) in [5, 5.41) is 7.50. The highest BCUT2D eigenvalue weighted by molar-refractivity contribution is 5.74. The molecule has 1 aromatic heterocycles. The van der Waals surface area contributed by atoms with Crippen molar-refractivity contribution in [2.24, 2.45) is 0 Å². The molecule has 0 atom stereocenters. The van der Waals surface area contributed by atoms with Crippen molar-refractivity contribution in [1.82, 2.24) is 9.78 Å². The number of carbonyl (C=O) groups excluding carboxylic acids is 1. The Bertz CT molecular complexity index is 394. The molecular weight excluding hydrogens is 218 g/mol. The van der Waals surface area contributed by atoms with Gasteiger partial charge in [0.05, 0.1) is 13.2 Å². The summed E-state index contributed by atoms with van der Waals surface area (Å²) in [6.45, 7) is 2.16. The van der Waals surface area contributed by atoms with Gasteiger partial charge in [-0.3, -0.25) is 9.48 Å². The molecule has 0 unspecified atom stereocenters. The van der Waals surface area contributed by atoms with Crippen LogP contribution in [-0.4, -0.2) is 29.4 Å². The van der Waals surface area contributed by atoms with Gasteiger partial charge in [-0.1, -0.05) is 12.8 Å². The number of carbonyl (C=O) groups is 1. The number of anilines is 1. The number of hydrogen-bond acceptors (Lipinski definition) is 4. The third-order valence-electron chi connectivity index (χ3n) is 3.24. The lowest BCUT2D eigenvalue weighted by Crippen LogP contribution is -2.16. The van der Waals surface area contributed by atoms with Gasteiger partial charge in [0, 0.05) is 11.8 Å². The molecular formula is C12H19N3O2. The first kappa shape index (κ1) is 12.0. The molecule has 1 saturated carbocycles. The molecule has 5 nitrogen and oxygen atoms in total. The van der Waals surface area contributed by atoms with Crippen LogP contribution in [0.5, 0.6) is 0 Å².